The minimum atomic E-state index is -3.21. The number of aryl methyl sites for hydroxylation is 1. The van der Waals surface area contributed by atoms with Crippen molar-refractivity contribution < 1.29 is 17.9 Å². The number of rotatable bonds is 5. The number of hydrogen-bond donors (Lipinski definition) is 0. The molecule has 1 heterocycles. The van der Waals surface area contributed by atoms with Gasteiger partial charge in [-0.1, -0.05) is 18.6 Å². The lowest BCUT2D eigenvalue weighted by Gasteiger charge is -2.20. The van der Waals surface area contributed by atoms with Gasteiger partial charge in [-0.3, -0.25) is 4.79 Å². The average Bonchev–Trinajstić information content (AvgIpc) is 2.45. The molecule has 0 bridgehead atoms. The van der Waals surface area contributed by atoms with Gasteiger partial charge in [-0.15, -0.1) is 0 Å². The van der Waals surface area contributed by atoms with Gasteiger partial charge >= 0.3 is 0 Å². The third kappa shape index (κ3) is 3.60. The Morgan fingerprint density at radius 2 is 1.95 bits per heavy atom. The van der Waals surface area contributed by atoms with Crippen molar-refractivity contribution in [1.82, 2.24) is 0 Å². The Morgan fingerprint density at radius 3 is 2.55 bits per heavy atom. The van der Waals surface area contributed by atoms with E-state index in [4.69, 9.17) is 4.74 Å². The van der Waals surface area contributed by atoms with Crippen molar-refractivity contribution in [3.05, 3.63) is 29.8 Å². The van der Waals surface area contributed by atoms with Crippen molar-refractivity contribution in [2.24, 2.45) is 0 Å². The summed E-state index contributed by atoms with van der Waals surface area (Å²) in [5.74, 6) is 0.793. The average molecular weight is 296 g/mol. The maximum absolute atomic E-state index is 12.1. The molecule has 20 heavy (non-hydrogen) atoms. The first kappa shape index (κ1) is 15.0. The second kappa shape index (κ2) is 6.39. The molecular weight excluding hydrogens is 276 g/mol. The number of Topliss-reactive ketones (excluding diaryl/α,β-unsaturated/α-hetero) is 1. The van der Waals surface area contributed by atoms with Crippen LogP contribution in [0.2, 0.25) is 0 Å². The molecule has 4 nitrogen and oxygen atoms in total. The van der Waals surface area contributed by atoms with Crippen molar-refractivity contribution >= 4 is 15.6 Å². The van der Waals surface area contributed by atoms with Crippen LogP contribution in [0.25, 0.3) is 0 Å². The Labute approximate surface area is 120 Å². The van der Waals surface area contributed by atoms with E-state index in [0.29, 0.717) is 19.3 Å². The number of carbonyl (C=O) groups excluding carboxylic acids is 1. The molecule has 110 valence electrons. The number of ether oxygens (including phenoxy) is 1. The molecule has 2 rings (SSSR count). The van der Waals surface area contributed by atoms with Crippen LogP contribution in [0.15, 0.2) is 24.3 Å². The van der Waals surface area contributed by atoms with Crippen LogP contribution in [0.5, 0.6) is 5.75 Å². The van der Waals surface area contributed by atoms with Crippen molar-refractivity contribution in [3.8, 4) is 5.75 Å². The fraction of sp³-hybridized carbons (Fsp3) is 0.533. The van der Waals surface area contributed by atoms with E-state index < -0.39 is 15.1 Å². The Morgan fingerprint density at radius 1 is 1.25 bits per heavy atom. The number of carbonyl (C=O) groups is 1. The molecule has 0 aliphatic carbocycles. The van der Waals surface area contributed by atoms with Gasteiger partial charge in [0, 0.05) is 6.42 Å². The summed E-state index contributed by atoms with van der Waals surface area (Å²) in [6.07, 6.45) is 2.87. The highest BCUT2D eigenvalue weighted by Crippen LogP contribution is 2.22. The third-order valence-electron chi connectivity index (χ3n) is 3.76. The minimum Gasteiger partial charge on any atom is -0.497 e. The lowest BCUT2D eigenvalue weighted by atomic mass is 10.0. The number of ketones is 1. The Kier molecular flexibility index (Phi) is 4.81. The molecule has 0 saturated carbocycles. The molecule has 0 spiro atoms. The summed E-state index contributed by atoms with van der Waals surface area (Å²) in [7, 11) is -1.60. The maximum atomic E-state index is 12.1. The summed E-state index contributed by atoms with van der Waals surface area (Å²) in [4.78, 5) is 12.1. The standard InChI is InChI=1S/C15H20O4S/c1-19-13-8-5-12(6-9-13)7-10-14(16)15-4-2-3-11-20(15,17)18/h5-6,8-9,15H,2-4,7,10-11H2,1H3. The molecule has 1 atom stereocenters. The number of hydrogen-bond acceptors (Lipinski definition) is 4. The van der Waals surface area contributed by atoms with Gasteiger partial charge in [-0.25, -0.2) is 8.42 Å². The SMILES string of the molecule is COc1ccc(CCC(=O)C2CCCCS2(=O)=O)cc1. The van der Waals surface area contributed by atoms with E-state index in [1.165, 1.54) is 0 Å². The molecule has 1 aliphatic heterocycles. The van der Waals surface area contributed by atoms with Gasteiger partial charge < -0.3 is 4.74 Å². The van der Waals surface area contributed by atoms with Crippen LogP contribution in [-0.2, 0) is 21.1 Å². The molecule has 1 aliphatic rings. The summed E-state index contributed by atoms with van der Waals surface area (Å²) in [5, 5.41) is -0.769. The van der Waals surface area contributed by atoms with Crippen molar-refractivity contribution in [2.45, 2.75) is 37.4 Å². The van der Waals surface area contributed by atoms with Crippen LogP contribution in [-0.4, -0.2) is 32.3 Å². The smallest absolute Gasteiger partial charge is 0.160 e. The Hall–Kier alpha value is -1.36. The van der Waals surface area contributed by atoms with E-state index in [-0.39, 0.29) is 18.0 Å². The molecule has 1 aromatic carbocycles. The van der Waals surface area contributed by atoms with E-state index in [1.807, 2.05) is 24.3 Å². The summed E-state index contributed by atoms with van der Waals surface area (Å²) >= 11 is 0. The molecule has 0 amide bonds. The van der Waals surface area contributed by atoms with Gasteiger partial charge in [0.15, 0.2) is 15.6 Å². The lowest BCUT2D eigenvalue weighted by molar-refractivity contribution is -0.118. The van der Waals surface area contributed by atoms with Crippen LogP contribution in [0, 0.1) is 0 Å². The highest BCUT2D eigenvalue weighted by molar-refractivity contribution is 7.92. The molecule has 1 fully saturated rings. The predicted octanol–water partition coefficient (Wildman–Crippen LogP) is 2.16. The van der Waals surface area contributed by atoms with Crippen molar-refractivity contribution in [3.63, 3.8) is 0 Å². The fourth-order valence-corrected chi connectivity index (χ4v) is 4.47. The maximum Gasteiger partial charge on any atom is 0.160 e. The van der Waals surface area contributed by atoms with Crippen LogP contribution in [0.3, 0.4) is 0 Å². The first-order valence-electron chi connectivity index (χ1n) is 6.90. The summed E-state index contributed by atoms with van der Waals surface area (Å²) in [6, 6.07) is 7.50. The largest absolute Gasteiger partial charge is 0.497 e. The van der Waals surface area contributed by atoms with E-state index in [2.05, 4.69) is 0 Å². The van der Waals surface area contributed by atoms with E-state index in [1.54, 1.807) is 7.11 Å². The lowest BCUT2D eigenvalue weighted by Crippen LogP contribution is -2.35. The van der Waals surface area contributed by atoms with Gasteiger partial charge in [0.05, 0.1) is 12.9 Å². The fourth-order valence-electron chi connectivity index (χ4n) is 2.54. The normalized spacial score (nSPS) is 21.4. The zero-order valence-corrected chi connectivity index (χ0v) is 12.5. The number of methoxy groups -OCH3 is 1. The van der Waals surface area contributed by atoms with Gasteiger partial charge in [-0.05, 0) is 37.0 Å². The molecule has 0 aromatic heterocycles. The van der Waals surface area contributed by atoms with Gasteiger partial charge in [0.1, 0.15) is 11.0 Å². The predicted molar refractivity (Wildman–Crippen MR) is 77.7 cm³/mol. The zero-order chi connectivity index (χ0) is 14.6. The summed E-state index contributed by atoms with van der Waals surface area (Å²) < 4.78 is 28.8. The quantitative estimate of drug-likeness (QED) is 0.835. The number of sulfone groups is 1. The zero-order valence-electron chi connectivity index (χ0n) is 11.7. The Balaban J connectivity index is 1.94. The molecule has 5 heteroatoms. The molecule has 1 saturated heterocycles. The van der Waals surface area contributed by atoms with Crippen LogP contribution in [0.1, 0.15) is 31.2 Å². The summed E-state index contributed by atoms with van der Waals surface area (Å²) in [5.41, 5.74) is 1.02. The number of benzene rings is 1. The molecular formula is C15H20O4S. The minimum absolute atomic E-state index is 0.138. The van der Waals surface area contributed by atoms with Crippen molar-refractivity contribution in [1.29, 1.82) is 0 Å². The second-order valence-electron chi connectivity index (χ2n) is 5.17. The van der Waals surface area contributed by atoms with E-state index in [9.17, 15) is 13.2 Å². The van der Waals surface area contributed by atoms with Crippen LogP contribution < -0.4 is 4.74 Å². The summed E-state index contributed by atoms with van der Waals surface area (Å²) in [6.45, 7) is 0. The Bertz CT molecular complexity index is 560. The van der Waals surface area contributed by atoms with E-state index in [0.717, 1.165) is 17.7 Å². The van der Waals surface area contributed by atoms with Gasteiger partial charge in [-0.2, -0.15) is 0 Å². The van der Waals surface area contributed by atoms with Gasteiger partial charge in [0.2, 0.25) is 0 Å². The molecule has 1 unspecified atom stereocenters. The van der Waals surface area contributed by atoms with Crippen molar-refractivity contribution in [2.75, 3.05) is 12.9 Å². The molecule has 0 N–H and O–H groups in total. The molecule has 0 radical (unpaired) electrons. The van der Waals surface area contributed by atoms with Gasteiger partial charge in [0.25, 0.3) is 0 Å². The highest BCUT2D eigenvalue weighted by atomic mass is 32.2. The van der Waals surface area contributed by atoms with E-state index >= 15 is 0 Å². The topological polar surface area (TPSA) is 60.4 Å². The van der Waals surface area contributed by atoms with Crippen LogP contribution in [0.4, 0.5) is 0 Å². The first-order chi connectivity index (χ1) is 9.53. The monoisotopic (exact) mass is 296 g/mol. The third-order valence-corrected chi connectivity index (χ3v) is 5.98. The van der Waals surface area contributed by atoms with Crippen LogP contribution >= 0.6 is 0 Å². The second-order valence-corrected chi connectivity index (χ2v) is 7.47. The highest BCUT2D eigenvalue weighted by Gasteiger charge is 2.33. The molecule has 1 aromatic rings. The first-order valence-corrected chi connectivity index (χ1v) is 8.62.